The van der Waals surface area contributed by atoms with E-state index >= 15 is 0 Å². The number of anilines is 4. The van der Waals surface area contributed by atoms with Gasteiger partial charge in [-0.25, -0.2) is 0 Å². The molecule has 0 atom stereocenters. The first-order chi connectivity index (χ1) is 15.0. The molecule has 4 rings (SSSR count). The van der Waals surface area contributed by atoms with Crippen LogP contribution >= 0.6 is 0 Å². The van der Waals surface area contributed by atoms with E-state index in [2.05, 4.69) is 10.3 Å². The van der Waals surface area contributed by atoms with Gasteiger partial charge in [-0.3, -0.25) is 9.69 Å². The number of aromatic nitrogens is 3. The summed E-state index contributed by atoms with van der Waals surface area (Å²) in [4.78, 5) is 29.4. The average molecular weight is 416 g/mol. The van der Waals surface area contributed by atoms with Gasteiger partial charge in [-0.1, -0.05) is 24.3 Å². The average Bonchev–Trinajstić information content (AvgIpc) is 3.27. The number of para-hydroxylation sites is 2. The minimum Gasteiger partial charge on any atom is -0.495 e. The smallest absolute Gasteiger partial charge is 0.253 e. The number of ether oxygens (including phenoxy) is 1. The van der Waals surface area contributed by atoms with Crippen molar-refractivity contribution in [2.45, 2.75) is 0 Å². The summed E-state index contributed by atoms with van der Waals surface area (Å²) in [6.07, 6.45) is 1.84. The lowest BCUT2D eigenvalue weighted by Crippen LogP contribution is -2.24. The third kappa shape index (κ3) is 3.63. The molecule has 0 fully saturated rings. The molecule has 31 heavy (non-hydrogen) atoms. The lowest BCUT2D eigenvalue weighted by molar-refractivity contribution is 0.0963. The second kappa shape index (κ2) is 8.35. The van der Waals surface area contributed by atoms with Gasteiger partial charge in [0.05, 0.1) is 18.1 Å². The van der Waals surface area contributed by atoms with E-state index in [1.807, 2.05) is 72.6 Å². The zero-order valence-corrected chi connectivity index (χ0v) is 17.9. The standard InChI is InChI=1S/C23H24N6O2/c1-24-22(30)16-11-8-12-18(31-4)19(16)29(15-9-6-5-7-10-15)23-26-20-17(13-14-25-20)21(27-23)28(2)3/h5-14H,1-4H3,(H,24,30)(H,25,26,27). The van der Waals surface area contributed by atoms with Crippen molar-refractivity contribution in [2.75, 3.05) is 38.1 Å². The lowest BCUT2D eigenvalue weighted by Gasteiger charge is -2.27. The molecule has 158 valence electrons. The van der Waals surface area contributed by atoms with Crippen LogP contribution in [-0.4, -0.2) is 49.1 Å². The molecular formula is C23H24N6O2. The highest BCUT2D eigenvalue weighted by molar-refractivity contribution is 6.03. The van der Waals surface area contributed by atoms with Crippen molar-refractivity contribution in [3.63, 3.8) is 0 Å². The maximum Gasteiger partial charge on any atom is 0.253 e. The Morgan fingerprint density at radius 1 is 1.03 bits per heavy atom. The van der Waals surface area contributed by atoms with E-state index in [-0.39, 0.29) is 5.91 Å². The number of rotatable bonds is 6. The predicted octanol–water partition coefficient (Wildman–Crippen LogP) is 3.86. The second-order valence-corrected chi connectivity index (χ2v) is 7.09. The van der Waals surface area contributed by atoms with E-state index in [1.165, 1.54) is 0 Å². The number of amides is 1. The van der Waals surface area contributed by atoms with Gasteiger partial charge >= 0.3 is 0 Å². The SMILES string of the molecule is CNC(=O)c1cccc(OC)c1N(c1ccccc1)c1nc(N(C)C)c2cc[nH]c2n1. The summed E-state index contributed by atoms with van der Waals surface area (Å²) in [5.74, 6) is 1.48. The number of benzene rings is 2. The summed E-state index contributed by atoms with van der Waals surface area (Å²) >= 11 is 0. The third-order valence-electron chi connectivity index (χ3n) is 4.94. The van der Waals surface area contributed by atoms with Gasteiger partial charge in [-0.05, 0) is 30.3 Å². The van der Waals surface area contributed by atoms with Crippen molar-refractivity contribution in [1.82, 2.24) is 20.3 Å². The first-order valence-electron chi connectivity index (χ1n) is 9.82. The summed E-state index contributed by atoms with van der Waals surface area (Å²) in [7, 11) is 7.05. The summed E-state index contributed by atoms with van der Waals surface area (Å²) in [6.45, 7) is 0. The van der Waals surface area contributed by atoms with Crippen molar-refractivity contribution in [2.24, 2.45) is 0 Å². The molecule has 4 aromatic rings. The van der Waals surface area contributed by atoms with Crippen LogP contribution in [-0.2, 0) is 0 Å². The molecular weight excluding hydrogens is 392 g/mol. The Labute approximate surface area is 180 Å². The second-order valence-electron chi connectivity index (χ2n) is 7.09. The minimum atomic E-state index is -0.233. The molecule has 0 aliphatic heterocycles. The maximum absolute atomic E-state index is 12.8. The molecule has 2 N–H and O–H groups in total. The number of fused-ring (bicyclic) bond motifs is 1. The van der Waals surface area contributed by atoms with Crippen molar-refractivity contribution in [1.29, 1.82) is 0 Å². The molecule has 0 bridgehead atoms. The quantitative estimate of drug-likeness (QED) is 0.496. The van der Waals surface area contributed by atoms with Crippen LogP contribution in [0.3, 0.4) is 0 Å². The van der Waals surface area contributed by atoms with Gasteiger partial charge in [-0.15, -0.1) is 0 Å². The van der Waals surface area contributed by atoms with Crippen LogP contribution < -0.4 is 19.9 Å². The van der Waals surface area contributed by atoms with Gasteiger partial charge in [-0.2, -0.15) is 9.97 Å². The van der Waals surface area contributed by atoms with E-state index < -0.39 is 0 Å². The molecule has 0 radical (unpaired) electrons. The number of nitrogens with zero attached hydrogens (tertiary/aromatic N) is 4. The number of H-pyrrole nitrogens is 1. The number of carbonyl (C=O) groups excluding carboxylic acids is 1. The number of aromatic amines is 1. The van der Waals surface area contributed by atoms with Crippen molar-refractivity contribution in [3.8, 4) is 5.75 Å². The number of hydrogen-bond donors (Lipinski definition) is 2. The molecule has 0 saturated heterocycles. The lowest BCUT2D eigenvalue weighted by atomic mass is 10.1. The van der Waals surface area contributed by atoms with Crippen LogP contribution in [0.15, 0.2) is 60.8 Å². The summed E-state index contributed by atoms with van der Waals surface area (Å²) in [5.41, 5.74) is 2.51. The van der Waals surface area contributed by atoms with E-state index in [0.717, 1.165) is 16.9 Å². The molecule has 0 saturated carbocycles. The van der Waals surface area contributed by atoms with Crippen molar-refractivity contribution >= 4 is 40.1 Å². The molecule has 8 nitrogen and oxygen atoms in total. The number of nitrogens with one attached hydrogen (secondary N) is 2. The van der Waals surface area contributed by atoms with Crippen LogP contribution in [0.2, 0.25) is 0 Å². The summed E-state index contributed by atoms with van der Waals surface area (Å²) < 4.78 is 5.66. The van der Waals surface area contributed by atoms with Gasteiger partial charge in [0.1, 0.15) is 22.9 Å². The highest BCUT2D eigenvalue weighted by Crippen LogP contribution is 2.42. The number of carbonyl (C=O) groups is 1. The van der Waals surface area contributed by atoms with Gasteiger partial charge in [0.15, 0.2) is 0 Å². The molecule has 2 aromatic carbocycles. The van der Waals surface area contributed by atoms with E-state index in [4.69, 9.17) is 14.7 Å². The Kier molecular flexibility index (Phi) is 5.44. The Balaban J connectivity index is 2.06. The van der Waals surface area contributed by atoms with E-state index in [9.17, 15) is 4.79 Å². The van der Waals surface area contributed by atoms with Crippen molar-refractivity contribution < 1.29 is 9.53 Å². The molecule has 2 aromatic heterocycles. The predicted molar refractivity (Wildman–Crippen MR) is 123 cm³/mol. The Hall–Kier alpha value is -4.07. The normalized spacial score (nSPS) is 10.7. The van der Waals surface area contributed by atoms with Gasteiger partial charge in [0, 0.05) is 33.0 Å². The van der Waals surface area contributed by atoms with E-state index in [1.54, 1.807) is 26.3 Å². The molecule has 2 heterocycles. The van der Waals surface area contributed by atoms with Gasteiger partial charge < -0.3 is 19.9 Å². The Morgan fingerprint density at radius 2 is 1.81 bits per heavy atom. The zero-order valence-electron chi connectivity index (χ0n) is 17.9. The monoisotopic (exact) mass is 416 g/mol. The molecule has 0 unspecified atom stereocenters. The maximum atomic E-state index is 12.8. The molecule has 1 amide bonds. The van der Waals surface area contributed by atoms with Crippen LogP contribution in [0.5, 0.6) is 5.75 Å². The van der Waals surface area contributed by atoms with Gasteiger partial charge in [0.25, 0.3) is 5.91 Å². The fraction of sp³-hybridized carbons (Fsp3) is 0.174. The van der Waals surface area contributed by atoms with E-state index in [0.29, 0.717) is 28.6 Å². The first kappa shape index (κ1) is 20.2. The summed E-state index contributed by atoms with van der Waals surface area (Å²) in [6, 6.07) is 17.0. The highest BCUT2D eigenvalue weighted by Gasteiger charge is 2.26. The number of hydrogen-bond acceptors (Lipinski definition) is 6. The Morgan fingerprint density at radius 3 is 2.48 bits per heavy atom. The van der Waals surface area contributed by atoms with Crippen molar-refractivity contribution in [3.05, 3.63) is 66.4 Å². The number of methoxy groups -OCH3 is 1. The third-order valence-corrected chi connectivity index (χ3v) is 4.94. The molecule has 0 spiro atoms. The topological polar surface area (TPSA) is 86.4 Å². The minimum absolute atomic E-state index is 0.233. The van der Waals surface area contributed by atoms with Crippen LogP contribution in [0, 0.1) is 0 Å². The molecule has 8 heteroatoms. The summed E-state index contributed by atoms with van der Waals surface area (Å²) in [5, 5.41) is 3.62. The first-order valence-corrected chi connectivity index (χ1v) is 9.82. The Bertz CT molecular complexity index is 1220. The van der Waals surface area contributed by atoms with Gasteiger partial charge in [0.2, 0.25) is 5.95 Å². The molecule has 0 aliphatic rings. The van der Waals surface area contributed by atoms with Crippen LogP contribution in [0.1, 0.15) is 10.4 Å². The fourth-order valence-electron chi connectivity index (χ4n) is 3.51. The van der Waals surface area contributed by atoms with Crippen LogP contribution in [0.4, 0.5) is 23.1 Å². The van der Waals surface area contributed by atoms with Crippen LogP contribution in [0.25, 0.3) is 11.0 Å². The molecule has 0 aliphatic carbocycles. The fourth-order valence-corrected chi connectivity index (χ4v) is 3.51. The zero-order chi connectivity index (χ0) is 22.0. The highest BCUT2D eigenvalue weighted by atomic mass is 16.5. The largest absolute Gasteiger partial charge is 0.495 e.